The fraction of sp³-hybridized carbons (Fsp3) is 0.0769. The third kappa shape index (κ3) is 3.16. The van der Waals surface area contributed by atoms with Crippen molar-refractivity contribution in [3.05, 3.63) is 67.6 Å². The first-order chi connectivity index (χ1) is 9.04. The Morgan fingerprint density at radius 1 is 0.895 bits per heavy atom. The van der Waals surface area contributed by atoms with Crippen LogP contribution in [0.25, 0.3) is 0 Å². The Balaban J connectivity index is 2.53. The Morgan fingerprint density at radius 2 is 1.63 bits per heavy atom. The van der Waals surface area contributed by atoms with Gasteiger partial charge in [-0.05, 0) is 29.3 Å². The van der Waals surface area contributed by atoms with E-state index in [1.807, 2.05) is 6.07 Å². The van der Waals surface area contributed by atoms with Crippen LogP contribution in [-0.2, 0) is 0 Å². The lowest BCUT2D eigenvalue weighted by atomic mass is 9.99. The molecule has 0 heterocycles. The first-order valence-electron chi connectivity index (χ1n) is 5.39. The van der Waals surface area contributed by atoms with Crippen LogP contribution < -0.4 is 11.3 Å². The average molecular weight is 336 g/mol. The molecule has 100 valence electrons. The van der Waals surface area contributed by atoms with Gasteiger partial charge in [0, 0.05) is 10.0 Å². The van der Waals surface area contributed by atoms with Crippen molar-refractivity contribution in [2.45, 2.75) is 6.04 Å². The number of nitrogens with one attached hydrogen (secondary N) is 1. The van der Waals surface area contributed by atoms with Crippen molar-refractivity contribution >= 4 is 46.4 Å². The van der Waals surface area contributed by atoms with Gasteiger partial charge in [-0.25, -0.2) is 5.43 Å². The van der Waals surface area contributed by atoms with Gasteiger partial charge in [-0.2, -0.15) is 0 Å². The number of rotatable bonds is 3. The molecule has 0 aromatic heterocycles. The van der Waals surface area contributed by atoms with Crippen molar-refractivity contribution < 1.29 is 0 Å². The van der Waals surface area contributed by atoms with E-state index in [0.29, 0.717) is 20.1 Å². The predicted molar refractivity (Wildman–Crippen MR) is 82.1 cm³/mol. The molecule has 0 saturated heterocycles. The van der Waals surface area contributed by atoms with E-state index < -0.39 is 0 Å². The quantitative estimate of drug-likeness (QED) is 0.621. The highest BCUT2D eigenvalue weighted by Gasteiger charge is 2.19. The van der Waals surface area contributed by atoms with Crippen LogP contribution in [0, 0.1) is 0 Å². The zero-order chi connectivity index (χ0) is 14.0. The second-order valence-electron chi connectivity index (χ2n) is 3.91. The highest BCUT2D eigenvalue weighted by atomic mass is 35.5. The molecule has 1 unspecified atom stereocenters. The highest BCUT2D eigenvalue weighted by molar-refractivity contribution is 6.42. The topological polar surface area (TPSA) is 38.0 Å². The van der Waals surface area contributed by atoms with E-state index in [4.69, 9.17) is 52.2 Å². The van der Waals surface area contributed by atoms with Gasteiger partial charge in [-0.3, -0.25) is 5.84 Å². The van der Waals surface area contributed by atoms with Crippen LogP contribution in [0.15, 0.2) is 36.4 Å². The Morgan fingerprint density at radius 3 is 2.26 bits per heavy atom. The third-order valence-electron chi connectivity index (χ3n) is 2.73. The van der Waals surface area contributed by atoms with Crippen LogP contribution in [0.3, 0.4) is 0 Å². The fourth-order valence-corrected chi connectivity index (χ4v) is 2.76. The van der Waals surface area contributed by atoms with E-state index >= 15 is 0 Å². The zero-order valence-electron chi connectivity index (χ0n) is 9.63. The Hall–Kier alpha value is -0.480. The third-order valence-corrected chi connectivity index (χ3v) is 4.13. The number of hydrazine groups is 1. The van der Waals surface area contributed by atoms with Crippen molar-refractivity contribution in [2.75, 3.05) is 0 Å². The van der Waals surface area contributed by atoms with Crippen LogP contribution in [0.5, 0.6) is 0 Å². The SMILES string of the molecule is NNC(c1ccc(Cl)cc1Cl)c1cccc(Cl)c1Cl. The van der Waals surface area contributed by atoms with Gasteiger partial charge in [0.25, 0.3) is 0 Å². The van der Waals surface area contributed by atoms with Gasteiger partial charge >= 0.3 is 0 Å². The molecule has 2 aromatic rings. The largest absolute Gasteiger partial charge is 0.271 e. The van der Waals surface area contributed by atoms with Crippen molar-refractivity contribution in [1.82, 2.24) is 5.43 Å². The molecule has 2 rings (SSSR count). The van der Waals surface area contributed by atoms with E-state index in [9.17, 15) is 0 Å². The summed E-state index contributed by atoms with van der Waals surface area (Å²) in [6, 6.07) is 10.2. The summed E-state index contributed by atoms with van der Waals surface area (Å²) in [5.41, 5.74) is 4.22. The molecule has 2 nitrogen and oxygen atoms in total. The molecule has 0 saturated carbocycles. The molecule has 6 heteroatoms. The number of hydrogen-bond donors (Lipinski definition) is 2. The second kappa shape index (κ2) is 6.31. The average Bonchev–Trinajstić information content (AvgIpc) is 2.37. The minimum Gasteiger partial charge on any atom is -0.271 e. The number of halogens is 4. The zero-order valence-corrected chi connectivity index (χ0v) is 12.7. The van der Waals surface area contributed by atoms with E-state index in [1.165, 1.54) is 0 Å². The molecular weight excluding hydrogens is 326 g/mol. The van der Waals surface area contributed by atoms with Gasteiger partial charge in [0.1, 0.15) is 0 Å². The van der Waals surface area contributed by atoms with Gasteiger partial charge in [0.05, 0.1) is 16.1 Å². The summed E-state index contributed by atoms with van der Waals surface area (Å²) in [6.07, 6.45) is 0. The first kappa shape index (κ1) is 14.9. The molecule has 0 fully saturated rings. The van der Waals surface area contributed by atoms with Gasteiger partial charge in [-0.15, -0.1) is 0 Å². The summed E-state index contributed by atoms with van der Waals surface area (Å²) < 4.78 is 0. The molecule has 0 aliphatic carbocycles. The minimum absolute atomic E-state index is 0.365. The molecule has 0 radical (unpaired) electrons. The summed E-state index contributed by atoms with van der Waals surface area (Å²) in [4.78, 5) is 0. The highest BCUT2D eigenvalue weighted by Crippen LogP contribution is 2.35. The summed E-state index contributed by atoms with van der Waals surface area (Å²) in [5, 5.41) is 1.97. The standard InChI is InChI=1S/C13H10Cl4N2/c14-7-4-5-8(11(16)6-7)13(19-18)9-2-1-3-10(15)12(9)17/h1-6,13,19H,18H2. The molecule has 3 N–H and O–H groups in total. The van der Waals surface area contributed by atoms with Crippen molar-refractivity contribution in [3.63, 3.8) is 0 Å². The summed E-state index contributed by atoms with van der Waals surface area (Å²) in [5.74, 6) is 5.62. The lowest BCUT2D eigenvalue weighted by Gasteiger charge is -2.20. The fourth-order valence-electron chi connectivity index (χ4n) is 1.83. The maximum atomic E-state index is 6.20. The van der Waals surface area contributed by atoms with E-state index in [-0.39, 0.29) is 6.04 Å². The molecule has 1 atom stereocenters. The normalized spacial score (nSPS) is 12.5. The van der Waals surface area contributed by atoms with Crippen LogP contribution in [0.4, 0.5) is 0 Å². The number of hydrogen-bond acceptors (Lipinski definition) is 2. The summed E-state index contributed by atoms with van der Waals surface area (Å²) in [7, 11) is 0. The van der Waals surface area contributed by atoms with E-state index in [1.54, 1.807) is 30.3 Å². The number of nitrogens with two attached hydrogens (primary N) is 1. The van der Waals surface area contributed by atoms with E-state index in [2.05, 4.69) is 5.43 Å². The van der Waals surface area contributed by atoms with Crippen molar-refractivity contribution in [1.29, 1.82) is 0 Å². The number of benzene rings is 2. The monoisotopic (exact) mass is 334 g/mol. The molecular formula is C13H10Cl4N2. The molecule has 19 heavy (non-hydrogen) atoms. The summed E-state index contributed by atoms with van der Waals surface area (Å²) in [6.45, 7) is 0. The molecule has 0 aliphatic heterocycles. The lowest BCUT2D eigenvalue weighted by molar-refractivity contribution is 0.637. The van der Waals surface area contributed by atoms with E-state index in [0.717, 1.165) is 11.1 Å². The Bertz CT molecular complexity index is 601. The van der Waals surface area contributed by atoms with Crippen LogP contribution >= 0.6 is 46.4 Å². The minimum atomic E-state index is -0.365. The smallest absolute Gasteiger partial charge is 0.0739 e. The molecule has 0 aliphatic rings. The van der Waals surface area contributed by atoms with Crippen molar-refractivity contribution in [3.8, 4) is 0 Å². The maximum absolute atomic E-state index is 6.20. The predicted octanol–water partition coefficient (Wildman–Crippen LogP) is 4.85. The van der Waals surface area contributed by atoms with Crippen LogP contribution in [0.1, 0.15) is 17.2 Å². The van der Waals surface area contributed by atoms with Gasteiger partial charge in [0.15, 0.2) is 0 Å². The molecule has 0 amide bonds. The molecule has 0 spiro atoms. The lowest BCUT2D eigenvalue weighted by Crippen LogP contribution is -2.29. The molecule has 2 aromatic carbocycles. The first-order valence-corrected chi connectivity index (χ1v) is 6.90. The molecule has 0 bridgehead atoms. The van der Waals surface area contributed by atoms with Crippen LogP contribution in [-0.4, -0.2) is 0 Å². The van der Waals surface area contributed by atoms with Gasteiger partial charge in [-0.1, -0.05) is 64.6 Å². The Labute approximate surface area is 131 Å². The van der Waals surface area contributed by atoms with Gasteiger partial charge in [0.2, 0.25) is 0 Å². The Kier molecular flexibility index (Phi) is 4.96. The van der Waals surface area contributed by atoms with Gasteiger partial charge < -0.3 is 0 Å². The summed E-state index contributed by atoms with van der Waals surface area (Å²) >= 11 is 24.3. The maximum Gasteiger partial charge on any atom is 0.0739 e. The van der Waals surface area contributed by atoms with Crippen molar-refractivity contribution in [2.24, 2.45) is 5.84 Å². The van der Waals surface area contributed by atoms with Crippen LogP contribution in [0.2, 0.25) is 20.1 Å². The second-order valence-corrected chi connectivity index (χ2v) is 5.54.